The van der Waals surface area contributed by atoms with E-state index in [9.17, 15) is 4.39 Å². The van der Waals surface area contributed by atoms with Gasteiger partial charge in [0, 0.05) is 0 Å². The summed E-state index contributed by atoms with van der Waals surface area (Å²) in [7, 11) is 1.66. The minimum Gasteiger partial charge on any atom is -0.497 e. The van der Waals surface area contributed by atoms with Gasteiger partial charge in [0.05, 0.1) is 7.11 Å². The highest BCUT2D eigenvalue weighted by Gasteiger charge is 2.02. The third kappa shape index (κ3) is 2.95. The standard InChI is InChI=1S/C19H15FO/c1-21-19-11-7-15(8-12-19)17-4-2-3-16(13-17)14-5-9-18(20)10-6-14/h2-13H,1H3. The molecule has 0 aliphatic carbocycles. The minimum atomic E-state index is -0.218. The molecule has 0 atom stereocenters. The van der Waals surface area contributed by atoms with Gasteiger partial charge in [0.15, 0.2) is 0 Å². The van der Waals surface area contributed by atoms with Crippen LogP contribution >= 0.6 is 0 Å². The van der Waals surface area contributed by atoms with E-state index in [0.29, 0.717) is 0 Å². The molecule has 0 N–H and O–H groups in total. The second-order valence-electron chi connectivity index (χ2n) is 4.82. The maximum Gasteiger partial charge on any atom is 0.123 e. The lowest BCUT2D eigenvalue weighted by atomic mass is 9.99. The summed E-state index contributed by atoms with van der Waals surface area (Å²) in [6.07, 6.45) is 0. The molecule has 0 amide bonds. The van der Waals surface area contributed by atoms with Crippen LogP contribution in [0.25, 0.3) is 22.3 Å². The summed E-state index contributed by atoms with van der Waals surface area (Å²) < 4.78 is 18.2. The molecule has 0 unspecified atom stereocenters. The van der Waals surface area contributed by atoms with E-state index < -0.39 is 0 Å². The predicted octanol–water partition coefficient (Wildman–Crippen LogP) is 5.17. The van der Waals surface area contributed by atoms with E-state index in [1.165, 1.54) is 12.1 Å². The third-order valence-electron chi connectivity index (χ3n) is 3.46. The fourth-order valence-electron chi connectivity index (χ4n) is 2.30. The van der Waals surface area contributed by atoms with Crippen LogP contribution in [0.5, 0.6) is 5.75 Å². The molecule has 0 aromatic heterocycles. The van der Waals surface area contributed by atoms with E-state index in [1.54, 1.807) is 19.2 Å². The summed E-state index contributed by atoms with van der Waals surface area (Å²) in [4.78, 5) is 0. The van der Waals surface area contributed by atoms with Crippen LogP contribution in [0.2, 0.25) is 0 Å². The van der Waals surface area contributed by atoms with Crippen molar-refractivity contribution in [1.82, 2.24) is 0 Å². The Labute approximate surface area is 123 Å². The Balaban J connectivity index is 1.97. The molecule has 2 heteroatoms. The fraction of sp³-hybridized carbons (Fsp3) is 0.0526. The number of hydrogen-bond acceptors (Lipinski definition) is 1. The molecule has 0 aliphatic rings. The number of ether oxygens (including phenoxy) is 1. The summed E-state index contributed by atoms with van der Waals surface area (Å²) in [6, 6.07) is 22.7. The lowest BCUT2D eigenvalue weighted by molar-refractivity contribution is 0.415. The number of methoxy groups -OCH3 is 1. The molecule has 0 fully saturated rings. The Morgan fingerprint density at radius 1 is 0.667 bits per heavy atom. The maximum atomic E-state index is 13.0. The van der Waals surface area contributed by atoms with E-state index >= 15 is 0 Å². The van der Waals surface area contributed by atoms with Gasteiger partial charge in [-0.3, -0.25) is 0 Å². The number of halogens is 1. The summed E-state index contributed by atoms with van der Waals surface area (Å²) in [5, 5.41) is 0. The van der Waals surface area contributed by atoms with Gasteiger partial charge in [-0.15, -0.1) is 0 Å². The Hall–Kier alpha value is -2.61. The lowest BCUT2D eigenvalue weighted by Gasteiger charge is -2.07. The van der Waals surface area contributed by atoms with Crippen molar-refractivity contribution in [2.75, 3.05) is 7.11 Å². The zero-order valence-corrected chi connectivity index (χ0v) is 11.7. The molecule has 3 rings (SSSR count). The van der Waals surface area contributed by atoms with Gasteiger partial charge in [-0.25, -0.2) is 4.39 Å². The molecule has 0 saturated carbocycles. The van der Waals surface area contributed by atoms with Crippen molar-refractivity contribution < 1.29 is 9.13 Å². The largest absolute Gasteiger partial charge is 0.497 e. The van der Waals surface area contributed by atoms with E-state index in [4.69, 9.17) is 4.74 Å². The molecule has 3 aromatic carbocycles. The van der Waals surface area contributed by atoms with E-state index in [0.717, 1.165) is 28.0 Å². The SMILES string of the molecule is COc1ccc(-c2cccc(-c3ccc(F)cc3)c2)cc1. The normalized spacial score (nSPS) is 10.4. The number of hydrogen-bond donors (Lipinski definition) is 0. The van der Waals surface area contributed by atoms with Gasteiger partial charge < -0.3 is 4.74 Å². The molecule has 3 aromatic rings. The van der Waals surface area contributed by atoms with E-state index in [-0.39, 0.29) is 5.82 Å². The molecular weight excluding hydrogens is 263 g/mol. The lowest BCUT2D eigenvalue weighted by Crippen LogP contribution is -1.84. The molecule has 21 heavy (non-hydrogen) atoms. The molecule has 0 radical (unpaired) electrons. The van der Waals surface area contributed by atoms with Crippen LogP contribution in [0, 0.1) is 5.82 Å². The van der Waals surface area contributed by atoms with Crippen molar-refractivity contribution in [2.45, 2.75) is 0 Å². The van der Waals surface area contributed by atoms with Gasteiger partial charge >= 0.3 is 0 Å². The molecule has 104 valence electrons. The summed E-state index contributed by atoms with van der Waals surface area (Å²) in [5.41, 5.74) is 4.33. The average molecular weight is 278 g/mol. The van der Waals surface area contributed by atoms with Crippen LogP contribution in [-0.2, 0) is 0 Å². The first-order valence-electron chi connectivity index (χ1n) is 6.77. The first-order chi connectivity index (χ1) is 10.3. The van der Waals surface area contributed by atoms with E-state index in [1.807, 2.05) is 36.4 Å². The summed E-state index contributed by atoms with van der Waals surface area (Å²) in [6.45, 7) is 0. The fourth-order valence-corrected chi connectivity index (χ4v) is 2.30. The second kappa shape index (κ2) is 5.80. The molecule has 0 spiro atoms. The molecule has 1 nitrogen and oxygen atoms in total. The Bertz CT molecular complexity index is 730. The monoisotopic (exact) mass is 278 g/mol. The summed E-state index contributed by atoms with van der Waals surface area (Å²) >= 11 is 0. The van der Waals surface area contributed by atoms with Crippen molar-refractivity contribution in [3.05, 3.63) is 78.6 Å². The van der Waals surface area contributed by atoms with Crippen LogP contribution in [0.3, 0.4) is 0 Å². The molecule has 0 saturated heterocycles. The number of benzene rings is 3. The van der Waals surface area contributed by atoms with Crippen molar-refractivity contribution in [2.24, 2.45) is 0 Å². The Kier molecular flexibility index (Phi) is 3.69. The zero-order chi connectivity index (χ0) is 14.7. The first kappa shape index (κ1) is 13.4. The van der Waals surface area contributed by atoms with E-state index in [2.05, 4.69) is 12.1 Å². The van der Waals surface area contributed by atoms with Crippen LogP contribution in [0.15, 0.2) is 72.8 Å². The van der Waals surface area contributed by atoms with Gasteiger partial charge in [-0.05, 0) is 52.6 Å². The van der Waals surface area contributed by atoms with Crippen molar-refractivity contribution in [3.8, 4) is 28.0 Å². The third-order valence-corrected chi connectivity index (χ3v) is 3.46. The van der Waals surface area contributed by atoms with Gasteiger partial charge in [0.2, 0.25) is 0 Å². The molecule has 0 heterocycles. The van der Waals surface area contributed by atoms with Crippen molar-refractivity contribution >= 4 is 0 Å². The van der Waals surface area contributed by atoms with Crippen LogP contribution in [0.1, 0.15) is 0 Å². The van der Waals surface area contributed by atoms with Crippen LogP contribution in [-0.4, -0.2) is 7.11 Å². The first-order valence-corrected chi connectivity index (χ1v) is 6.77. The average Bonchev–Trinajstić information content (AvgIpc) is 2.56. The van der Waals surface area contributed by atoms with Crippen LogP contribution in [0.4, 0.5) is 4.39 Å². The second-order valence-corrected chi connectivity index (χ2v) is 4.82. The van der Waals surface area contributed by atoms with Crippen molar-refractivity contribution in [1.29, 1.82) is 0 Å². The van der Waals surface area contributed by atoms with Gasteiger partial charge in [-0.1, -0.05) is 42.5 Å². The van der Waals surface area contributed by atoms with Crippen LogP contribution < -0.4 is 4.74 Å². The molecule has 0 aliphatic heterocycles. The maximum absolute atomic E-state index is 13.0. The minimum absolute atomic E-state index is 0.218. The van der Waals surface area contributed by atoms with Crippen molar-refractivity contribution in [3.63, 3.8) is 0 Å². The number of rotatable bonds is 3. The van der Waals surface area contributed by atoms with Gasteiger partial charge in [-0.2, -0.15) is 0 Å². The Morgan fingerprint density at radius 3 is 1.71 bits per heavy atom. The predicted molar refractivity (Wildman–Crippen MR) is 83.8 cm³/mol. The highest BCUT2D eigenvalue weighted by atomic mass is 19.1. The quantitative estimate of drug-likeness (QED) is 0.642. The van der Waals surface area contributed by atoms with Gasteiger partial charge in [0.25, 0.3) is 0 Å². The summed E-state index contributed by atoms with van der Waals surface area (Å²) in [5.74, 6) is 0.624. The highest BCUT2D eigenvalue weighted by Crippen LogP contribution is 2.27. The topological polar surface area (TPSA) is 9.23 Å². The van der Waals surface area contributed by atoms with Gasteiger partial charge in [0.1, 0.15) is 11.6 Å². The smallest absolute Gasteiger partial charge is 0.123 e. The molecular formula is C19H15FO. The highest BCUT2D eigenvalue weighted by molar-refractivity contribution is 5.73. The zero-order valence-electron chi connectivity index (χ0n) is 11.7. The Morgan fingerprint density at radius 2 is 1.19 bits per heavy atom. The molecule has 0 bridgehead atoms.